The lowest BCUT2D eigenvalue weighted by Gasteiger charge is -2.24. The molecule has 18 heavy (non-hydrogen) atoms. The molecular formula is C14H22N2O2. The van der Waals surface area contributed by atoms with Crippen molar-refractivity contribution in [3.05, 3.63) is 23.8 Å². The first-order chi connectivity index (χ1) is 8.61. The van der Waals surface area contributed by atoms with Crippen molar-refractivity contribution in [3.63, 3.8) is 0 Å². The molecule has 0 saturated heterocycles. The van der Waals surface area contributed by atoms with Gasteiger partial charge in [-0.25, -0.2) is 0 Å². The Morgan fingerprint density at radius 2 is 1.94 bits per heavy atom. The van der Waals surface area contributed by atoms with Crippen LogP contribution in [0.1, 0.15) is 19.4 Å². The summed E-state index contributed by atoms with van der Waals surface area (Å²) < 4.78 is 11.1. The zero-order chi connectivity index (χ0) is 13.0. The highest BCUT2D eigenvalue weighted by molar-refractivity contribution is 5.43. The monoisotopic (exact) mass is 250 g/mol. The third-order valence-corrected chi connectivity index (χ3v) is 3.13. The van der Waals surface area contributed by atoms with Gasteiger partial charge in [-0.2, -0.15) is 0 Å². The minimum absolute atomic E-state index is 0.00613. The van der Waals surface area contributed by atoms with Gasteiger partial charge in [-0.05, 0) is 44.5 Å². The molecule has 0 aromatic heterocycles. The summed E-state index contributed by atoms with van der Waals surface area (Å²) in [6, 6.07) is 6.13. The van der Waals surface area contributed by atoms with E-state index in [2.05, 4.69) is 31.3 Å². The Morgan fingerprint density at radius 1 is 1.22 bits per heavy atom. The molecule has 0 bridgehead atoms. The molecule has 0 unspecified atom stereocenters. The van der Waals surface area contributed by atoms with Crippen molar-refractivity contribution in [1.82, 2.24) is 5.32 Å². The van der Waals surface area contributed by atoms with Gasteiger partial charge in [0.05, 0.1) is 0 Å². The van der Waals surface area contributed by atoms with Crippen LogP contribution in [0, 0.1) is 0 Å². The lowest BCUT2D eigenvalue weighted by molar-refractivity contribution is 0.171. The topological polar surface area (TPSA) is 56.5 Å². The molecule has 0 saturated carbocycles. The molecule has 3 N–H and O–H groups in total. The number of rotatable bonds is 5. The van der Waals surface area contributed by atoms with Crippen LogP contribution in [-0.4, -0.2) is 31.8 Å². The molecule has 1 heterocycles. The van der Waals surface area contributed by atoms with Gasteiger partial charge in [0.25, 0.3) is 0 Å². The van der Waals surface area contributed by atoms with Crippen LogP contribution in [0.4, 0.5) is 0 Å². The van der Waals surface area contributed by atoms with Gasteiger partial charge < -0.3 is 20.5 Å². The molecule has 0 atom stereocenters. The number of nitrogens with two attached hydrogens (primary N) is 1. The van der Waals surface area contributed by atoms with Crippen LogP contribution in [0.3, 0.4) is 0 Å². The molecule has 0 aliphatic carbocycles. The molecule has 0 spiro atoms. The van der Waals surface area contributed by atoms with Gasteiger partial charge in [-0.1, -0.05) is 6.07 Å². The molecule has 100 valence electrons. The summed E-state index contributed by atoms with van der Waals surface area (Å²) >= 11 is 0. The van der Waals surface area contributed by atoms with Gasteiger partial charge >= 0.3 is 0 Å². The summed E-state index contributed by atoms with van der Waals surface area (Å²) in [4.78, 5) is 0. The predicted molar refractivity (Wildman–Crippen MR) is 72.3 cm³/mol. The van der Waals surface area contributed by atoms with Crippen molar-refractivity contribution in [1.29, 1.82) is 0 Å². The van der Waals surface area contributed by atoms with E-state index in [1.54, 1.807) is 0 Å². The number of nitrogens with one attached hydrogen (secondary N) is 1. The average molecular weight is 250 g/mol. The number of ether oxygens (including phenoxy) is 2. The van der Waals surface area contributed by atoms with Crippen molar-refractivity contribution >= 4 is 0 Å². The predicted octanol–water partition coefficient (Wildman–Crippen LogP) is 1.33. The first-order valence-corrected chi connectivity index (χ1v) is 6.44. The number of hydrogen-bond donors (Lipinski definition) is 2. The van der Waals surface area contributed by atoms with E-state index in [0.29, 0.717) is 19.8 Å². The normalized spacial score (nSPS) is 14.6. The van der Waals surface area contributed by atoms with Crippen LogP contribution < -0.4 is 20.5 Å². The molecule has 1 aliphatic rings. The number of hydrogen-bond acceptors (Lipinski definition) is 4. The van der Waals surface area contributed by atoms with Gasteiger partial charge in [0, 0.05) is 12.1 Å². The maximum Gasteiger partial charge on any atom is 0.161 e. The van der Waals surface area contributed by atoms with E-state index in [4.69, 9.17) is 15.2 Å². The highest BCUT2D eigenvalue weighted by Gasteiger charge is 2.14. The number of benzene rings is 1. The molecule has 1 aromatic rings. The van der Waals surface area contributed by atoms with Gasteiger partial charge in [-0.15, -0.1) is 0 Å². The third-order valence-electron chi connectivity index (χ3n) is 3.13. The second kappa shape index (κ2) is 5.59. The van der Waals surface area contributed by atoms with E-state index < -0.39 is 0 Å². The molecule has 4 nitrogen and oxygen atoms in total. The van der Waals surface area contributed by atoms with E-state index in [-0.39, 0.29) is 5.54 Å². The summed E-state index contributed by atoms with van der Waals surface area (Å²) in [6.45, 7) is 7.03. The van der Waals surface area contributed by atoms with E-state index in [1.807, 2.05) is 6.07 Å². The highest BCUT2D eigenvalue weighted by atomic mass is 16.6. The van der Waals surface area contributed by atoms with Crippen LogP contribution in [0.5, 0.6) is 11.5 Å². The van der Waals surface area contributed by atoms with Crippen molar-refractivity contribution in [3.8, 4) is 11.5 Å². The van der Waals surface area contributed by atoms with Crippen LogP contribution in [0.15, 0.2) is 18.2 Å². The Balaban J connectivity index is 1.90. The Hall–Kier alpha value is -1.26. The lowest BCUT2D eigenvalue weighted by atomic mass is 10.1. The highest BCUT2D eigenvalue weighted by Crippen LogP contribution is 2.30. The lowest BCUT2D eigenvalue weighted by Crippen LogP contribution is -2.46. The van der Waals surface area contributed by atoms with Crippen LogP contribution in [0.25, 0.3) is 0 Å². The average Bonchev–Trinajstić information content (AvgIpc) is 2.38. The molecule has 1 aromatic carbocycles. The minimum Gasteiger partial charge on any atom is -0.486 e. The van der Waals surface area contributed by atoms with Gasteiger partial charge in [0.1, 0.15) is 13.2 Å². The van der Waals surface area contributed by atoms with E-state index >= 15 is 0 Å². The Kier molecular flexibility index (Phi) is 4.09. The SMILES string of the molecule is CC(C)(CN)NCCc1ccc2c(c1)OCCO2. The second-order valence-electron chi connectivity index (χ2n) is 5.24. The Morgan fingerprint density at radius 3 is 2.67 bits per heavy atom. The fraction of sp³-hybridized carbons (Fsp3) is 0.571. The van der Waals surface area contributed by atoms with Crippen LogP contribution >= 0.6 is 0 Å². The standard InChI is InChI=1S/C14H22N2O2/c1-14(2,10-15)16-6-5-11-3-4-12-13(9-11)18-8-7-17-12/h3-4,9,16H,5-8,10,15H2,1-2H3. The molecule has 1 aliphatic heterocycles. The molecule has 2 rings (SSSR count). The van der Waals surface area contributed by atoms with Crippen LogP contribution in [-0.2, 0) is 6.42 Å². The Labute approximate surface area is 108 Å². The first kappa shape index (κ1) is 13.2. The Bertz CT molecular complexity index is 405. The molecular weight excluding hydrogens is 228 g/mol. The fourth-order valence-corrected chi connectivity index (χ4v) is 1.86. The van der Waals surface area contributed by atoms with Crippen molar-refractivity contribution in [2.24, 2.45) is 5.73 Å². The van der Waals surface area contributed by atoms with Gasteiger partial charge in [0.2, 0.25) is 0 Å². The molecule has 4 heteroatoms. The smallest absolute Gasteiger partial charge is 0.161 e. The van der Waals surface area contributed by atoms with E-state index in [0.717, 1.165) is 24.5 Å². The fourth-order valence-electron chi connectivity index (χ4n) is 1.86. The van der Waals surface area contributed by atoms with Crippen molar-refractivity contribution in [2.75, 3.05) is 26.3 Å². The first-order valence-electron chi connectivity index (χ1n) is 6.44. The summed E-state index contributed by atoms with van der Waals surface area (Å²) in [6.07, 6.45) is 0.958. The quantitative estimate of drug-likeness (QED) is 0.827. The molecule has 0 fully saturated rings. The number of fused-ring (bicyclic) bond motifs is 1. The summed E-state index contributed by atoms with van der Waals surface area (Å²) in [5.74, 6) is 1.71. The maximum atomic E-state index is 5.68. The van der Waals surface area contributed by atoms with Crippen molar-refractivity contribution in [2.45, 2.75) is 25.8 Å². The third kappa shape index (κ3) is 3.37. The van der Waals surface area contributed by atoms with Crippen LogP contribution in [0.2, 0.25) is 0 Å². The molecule has 0 radical (unpaired) electrons. The zero-order valence-corrected chi connectivity index (χ0v) is 11.2. The van der Waals surface area contributed by atoms with E-state index in [1.165, 1.54) is 5.56 Å². The molecule has 0 amide bonds. The van der Waals surface area contributed by atoms with Gasteiger partial charge in [-0.3, -0.25) is 0 Å². The summed E-state index contributed by atoms with van der Waals surface area (Å²) in [5.41, 5.74) is 6.92. The maximum absolute atomic E-state index is 5.68. The van der Waals surface area contributed by atoms with Crippen molar-refractivity contribution < 1.29 is 9.47 Å². The second-order valence-corrected chi connectivity index (χ2v) is 5.24. The van der Waals surface area contributed by atoms with E-state index in [9.17, 15) is 0 Å². The summed E-state index contributed by atoms with van der Waals surface area (Å²) in [5, 5.41) is 3.44. The minimum atomic E-state index is -0.00613. The summed E-state index contributed by atoms with van der Waals surface area (Å²) in [7, 11) is 0. The zero-order valence-electron chi connectivity index (χ0n) is 11.2. The van der Waals surface area contributed by atoms with Gasteiger partial charge in [0.15, 0.2) is 11.5 Å². The largest absolute Gasteiger partial charge is 0.486 e.